The van der Waals surface area contributed by atoms with Crippen LogP contribution in [0.2, 0.25) is 0 Å². The molecule has 4 heteroatoms. The smallest absolute Gasteiger partial charge is 0.119 e. The Morgan fingerprint density at radius 1 is 0.383 bits per heavy atom. The summed E-state index contributed by atoms with van der Waals surface area (Å²) in [5, 5.41) is 29.5. The lowest BCUT2D eigenvalue weighted by atomic mass is 9.94. The molecule has 0 saturated heterocycles. The summed E-state index contributed by atoms with van der Waals surface area (Å²) in [5.74, 6) is 1.67. The molecule has 0 saturated carbocycles. The minimum Gasteiger partial charge on any atom is -0.494 e. The molecule has 4 nitrogen and oxygen atoms in total. The predicted octanol–water partition coefficient (Wildman–Crippen LogP) is 15.0. The Bertz CT molecular complexity index is 2580. The summed E-state index contributed by atoms with van der Waals surface area (Å²) in [4.78, 5) is 0. The molecule has 60 heavy (non-hydrogen) atoms. The van der Waals surface area contributed by atoms with Crippen LogP contribution in [0.5, 0.6) is 11.5 Å². The number of ether oxygens (including phenoxy) is 2. The van der Waals surface area contributed by atoms with Gasteiger partial charge in [-0.3, -0.25) is 0 Å². The van der Waals surface area contributed by atoms with Crippen LogP contribution >= 0.6 is 0 Å². The Kier molecular flexibility index (Phi) is 12.9. The monoisotopic (exact) mass is 780 g/mol. The summed E-state index contributed by atoms with van der Waals surface area (Å²) in [6.45, 7) is 1.38. The maximum Gasteiger partial charge on any atom is 0.119 e. The third-order valence-electron chi connectivity index (χ3n) is 11.4. The average Bonchev–Trinajstić information content (AvgIpc) is 3.30. The molecule has 0 N–H and O–H groups in total. The third kappa shape index (κ3) is 9.42. The molecule has 0 atom stereocenters. The van der Waals surface area contributed by atoms with E-state index in [1.807, 2.05) is 60.7 Å². The van der Waals surface area contributed by atoms with Crippen LogP contribution in [-0.4, -0.2) is 13.2 Å². The molecule has 294 valence electrons. The minimum atomic E-state index is 0.632. The van der Waals surface area contributed by atoms with Crippen molar-refractivity contribution in [3.05, 3.63) is 180 Å². The van der Waals surface area contributed by atoms with Gasteiger partial charge in [-0.2, -0.15) is 10.5 Å². The number of nitrogens with zero attached hydrogens (tertiary/aromatic N) is 2. The quantitative estimate of drug-likeness (QED) is 0.0399. The molecule has 0 aliphatic carbocycles. The SMILES string of the molecule is N#C/C(=C\c1c2ccccc2cc2ccccc12)c1ccc(OCCCCCCCCCCOc2ccc(/C(C#N)=C/c3c4ccccc4cc4ccccc34)cc2)cc1. The van der Waals surface area contributed by atoms with Crippen LogP contribution in [0, 0.1) is 22.7 Å². The van der Waals surface area contributed by atoms with E-state index in [2.05, 4.69) is 121 Å². The predicted molar refractivity (Wildman–Crippen MR) is 251 cm³/mol. The Labute approximate surface area is 353 Å². The van der Waals surface area contributed by atoms with Gasteiger partial charge in [-0.05, 0) is 151 Å². The largest absolute Gasteiger partial charge is 0.494 e. The lowest BCUT2D eigenvalue weighted by Gasteiger charge is -2.10. The number of fused-ring (bicyclic) bond motifs is 4. The topological polar surface area (TPSA) is 66.0 Å². The summed E-state index contributed by atoms with van der Waals surface area (Å²) >= 11 is 0. The molecular formula is C56H48N2O2. The van der Waals surface area contributed by atoms with Crippen molar-refractivity contribution < 1.29 is 9.47 Å². The number of benzene rings is 8. The van der Waals surface area contributed by atoms with Crippen LogP contribution in [0.15, 0.2) is 158 Å². The summed E-state index contributed by atoms with van der Waals surface area (Å²) in [5.41, 5.74) is 5.17. The molecule has 0 fully saturated rings. The molecule has 8 aromatic carbocycles. The van der Waals surface area contributed by atoms with E-state index in [1.165, 1.54) is 25.7 Å². The first-order chi connectivity index (χ1) is 29.7. The van der Waals surface area contributed by atoms with E-state index in [4.69, 9.17) is 9.47 Å². The normalized spacial score (nSPS) is 11.8. The van der Waals surface area contributed by atoms with Crippen LogP contribution in [0.3, 0.4) is 0 Å². The molecule has 8 aromatic rings. The van der Waals surface area contributed by atoms with Crippen LogP contribution in [0.4, 0.5) is 0 Å². The van der Waals surface area contributed by atoms with Crippen molar-refractivity contribution >= 4 is 66.4 Å². The number of allylic oxidation sites excluding steroid dienone is 2. The molecule has 0 radical (unpaired) electrons. The molecule has 0 spiro atoms. The van der Waals surface area contributed by atoms with Crippen molar-refractivity contribution in [3.8, 4) is 23.6 Å². The number of rotatable bonds is 17. The number of unbranched alkanes of at least 4 members (excludes halogenated alkanes) is 7. The van der Waals surface area contributed by atoms with E-state index in [9.17, 15) is 10.5 Å². The van der Waals surface area contributed by atoms with Gasteiger partial charge >= 0.3 is 0 Å². The summed E-state index contributed by atoms with van der Waals surface area (Å²) in [7, 11) is 0. The molecule has 0 unspecified atom stereocenters. The zero-order valence-corrected chi connectivity index (χ0v) is 33.9. The second kappa shape index (κ2) is 19.5. The highest BCUT2D eigenvalue weighted by Crippen LogP contribution is 2.34. The Morgan fingerprint density at radius 3 is 1.00 bits per heavy atom. The zero-order chi connectivity index (χ0) is 40.9. The van der Waals surface area contributed by atoms with Crippen LogP contribution in [0.1, 0.15) is 73.6 Å². The lowest BCUT2D eigenvalue weighted by Crippen LogP contribution is -1.98. The van der Waals surface area contributed by atoms with E-state index >= 15 is 0 Å². The van der Waals surface area contributed by atoms with Crippen LogP contribution in [0.25, 0.3) is 66.4 Å². The Balaban J connectivity index is 0.727. The average molecular weight is 781 g/mol. The van der Waals surface area contributed by atoms with Gasteiger partial charge in [-0.25, -0.2) is 0 Å². The van der Waals surface area contributed by atoms with Gasteiger partial charge in [0.1, 0.15) is 11.5 Å². The molecule has 0 heterocycles. The summed E-state index contributed by atoms with van der Waals surface area (Å²) < 4.78 is 12.1. The summed E-state index contributed by atoms with van der Waals surface area (Å²) in [6, 6.07) is 58.5. The van der Waals surface area contributed by atoms with E-state index in [0.717, 1.165) is 103 Å². The van der Waals surface area contributed by atoms with Gasteiger partial charge in [0.05, 0.1) is 36.5 Å². The minimum absolute atomic E-state index is 0.632. The molecule has 0 aliphatic heterocycles. The van der Waals surface area contributed by atoms with Crippen LogP contribution < -0.4 is 9.47 Å². The molecule has 0 bridgehead atoms. The van der Waals surface area contributed by atoms with E-state index in [1.54, 1.807) is 0 Å². The van der Waals surface area contributed by atoms with Crippen molar-refractivity contribution in [2.45, 2.75) is 51.4 Å². The number of hydrogen-bond donors (Lipinski definition) is 0. The van der Waals surface area contributed by atoms with Gasteiger partial charge in [0.15, 0.2) is 0 Å². The van der Waals surface area contributed by atoms with Crippen molar-refractivity contribution in [2.24, 2.45) is 0 Å². The molecule has 0 aromatic heterocycles. The van der Waals surface area contributed by atoms with Gasteiger partial charge in [-0.1, -0.05) is 136 Å². The second-order valence-electron chi connectivity index (χ2n) is 15.4. The van der Waals surface area contributed by atoms with Gasteiger partial charge < -0.3 is 9.47 Å². The third-order valence-corrected chi connectivity index (χ3v) is 11.4. The van der Waals surface area contributed by atoms with Gasteiger partial charge in [0.2, 0.25) is 0 Å². The highest BCUT2D eigenvalue weighted by Gasteiger charge is 2.11. The maximum atomic E-state index is 10.2. The van der Waals surface area contributed by atoms with Crippen molar-refractivity contribution in [1.82, 2.24) is 0 Å². The van der Waals surface area contributed by atoms with Gasteiger partial charge in [0.25, 0.3) is 0 Å². The second-order valence-corrected chi connectivity index (χ2v) is 15.4. The fourth-order valence-electron chi connectivity index (χ4n) is 8.16. The lowest BCUT2D eigenvalue weighted by molar-refractivity contribution is 0.301. The highest BCUT2D eigenvalue weighted by atomic mass is 16.5. The van der Waals surface area contributed by atoms with Crippen molar-refractivity contribution in [1.29, 1.82) is 10.5 Å². The first-order valence-corrected chi connectivity index (χ1v) is 21.2. The zero-order valence-electron chi connectivity index (χ0n) is 33.9. The number of nitriles is 2. The number of hydrogen-bond acceptors (Lipinski definition) is 4. The van der Waals surface area contributed by atoms with Gasteiger partial charge in [0, 0.05) is 0 Å². The molecular weight excluding hydrogens is 733 g/mol. The molecule has 0 aliphatic rings. The molecule has 8 rings (SSSR count). The Hall–Kier alpha value is -7.14. The van der Waals surface area contributed by atoms with E-state index in [-0.39, 0.29) is 0 Å². The van der Waals surface area contributed by atoms with Crippen LogP contribution in [-0.2, 0) is 0 Å². The molecule has 0 amide bonds. The van der Waals surface area contributed by atoms with Crippen molar-refractivity contribution in [2.75, 3.05) is 13.2 Å². The van der Waals surface area contributed by atoms with E-state index < -0.39 is 0 Å². The first-order valence-electron chi connectivity index (χ1n) is 21.2. The Morgan fingerprint density at radius 2 is 0.683 bits per heavy atom. The first kappa shape index (κ1) is 39.7. The fraction of sp³-hybridized carbons (Fsp3) is 0.179. The maximum absolute atomic E-state index is 10.2. The van der Waals surface area contributed by atoms with E-state index in [0.29, 0.717) is 24.4 Å². The fourth-order valence-corrected chi connectivity index (χ4v) is 8.16. The van der Waals surface area contributed by atoms with Crippen molar-refractivity contribution in [3.63, 3.8) is 0 Å². The highest BCUT2D eigenvalue weighted by molar-refractivity contribution is 6.11. The summed E-state index contributed by atoms with van der Waals surface area (Å²) in [6.07, 6.45) is 13.3. The van der Waals surface area contributed by atoms with Gasteiger partial charge in [-0.15, -0.1) is 0 Å². The standard InChI is InChI=1S/C56H48N2O2/c57-39-47(37-55-51-21-11-7-17-43(51)35-44-18-8-12-22-52(44)55)41-25-29-49(30-26-41)59-33-15-5-3-1-2-4-6-16-34-60-50-31-27-42(28-32-50)48(40-58)38-56-53-23-13-9-19-45(53)36-46-20-10-14-24-54(46)56/h7-14,17-32,35-38H,1-6,15-16,33-34H2/b47-37+,48-38+.